The van der Waals surface area contributed by atoms with Crippen molar-refractivity contribution in [3.63, 3.8) is 0 Å². The molecule has 43 heavy (non-hydrogen) atoms. The zero-order valence-corrected chi connectivity index (χ0v) is 25.5. The summed E-state index contributed by atoms with van der Waals surface area (Å²) in [5.74, 6) is 0. The minimum absolute atomic E-state index is 0.433. The highest BCUT2D eigenvalue weighted by atomic mass is 14.9. The van der Waals surface area contributed by atoms with Gasteiger partial charge >= 0.3 is 0 Å². The summed E-state index contributed by atoms with van der Waals surface area (Å²) in [6, 6.07) is 12.8. The van der Waals surface area contributed by atoms with Crippen LogP contribution >= 0.6 is 0 Å². The molecule has 218 valence electrons. The topological polar surface area (TPSA) is 48.8 Å². The van der Waals surface area contributed by atoms with Crippen LogP contribution in [0.1, 0.15) is 81.2 Å². The molecule has 2 aromatic rings. The van der Waals surface area contributed by atoms with E-state index in [4.69, 9.17) is 10.4 Å². The molecule has 1 unspecified atom stereocenters. The van der Waals surface area contributed by atoms with Crippen molar-refractivity contribution in [2.45, 2.75) is 71.1 Å². The van der Waals surface area contributed by atoms with E-state index < -0.39 is 0 Å². The molecular weight excluding hydrogens is 522 g/mol. The van der Waals surface area contributed by atoms with E-state index in [0.29, 0.717) is 5.41 Å². The van der Waals surface area contributed by atoms with Gasteiger partial charge in [-0.1, -0.05) is 60.7 Å². The van der Waals surface area contributed by atoms with Crippen molar-refractivity contribution in [3.05, 3.63) is 136 Å². The van der Waals surface area contributed by atoms with Crippen molar-refractivity contribution in [2.24, 2.45) is 5.41 Å². The SMILES string of the molecule is C=C1C=C(/C=C/CCCC2=CCCC3(CCC(=N)C3)CC2)C=c2cc(C3=C(c4cccc(C)n4)NC=CC=C3)ccc2=C1. The van der Waals surface area contributed by atoms with Gasteiger partial charge in [0.15, 0.2) is 0 Å². The number of hydrogen-bond donors (Lipinski definition) is 2. The molecule has 4 aliphatic rings. The Balaban J connectivity index is 1.16. The predicted octanol–water partition coefficient (Wildman–Crippen LogP) is 8.41. The summed E-state index contributed by atoms with van der Waals surface area (Å²) in [4.78, 5) is 4.80. The van der Waals surface area contributed by atoms with Gasteiger partial charge in [0.1, 0.15) is 0 Å². The molecule has 1 saturated carbocycles. The molecule has 2 heterocycles. The lowest BCUT2D eigenvalue weighted by molar-refractivity contribution is 0.264. The van der Waals surface area contributed by atoms with Crippen LogP contribution in [-0.4, -0.2) is 10.7 Å². The fourth-order valence-electron chi connectivity index (χ4n) is 7.01. The Morgan fingerprint density at radius 3 is 2.79 bits per heavy atom. The van der Waals surface area contributed by atoms with E-state index in [9.17, 15) is 0 Å². The van der Waals surface area contributed by atoms with Crippen LogP contribution in [0.3, 0.4) is 0 Å². The summed E-state index contributed by atoms with van der Waals surface area (Å²) in [6.45, 7) is 6.33. The van der Waals surface area contributed by atoms with Crippen molar-refractivity contribution >= 4 is 29.1 Å². The van der Waals surface area contributed by atoms with Gasteiger partial charge in [-0.2, -0.15) is 0 Å². The second kappa shape index (κ2) is 13.0. The van der Waals surface area contributed by atoms with E-state index in [1.54, 1.807) is 5.57 Å². The number of aryl methyl sites for hydroxylation is 1. The van der Waals surface area contributed by atoms with E-state index >= 15 is 0 Å². The molecule has 1 fully saturated rings. The first kappa shape index (κ1) is 28.9. The summed E-state index contributed by atoms with van der Waals surface area (Å²) in [6.07, 6.45) is 33.7. The molecule has 0 bridgehead atoms. The lowest BCUT2D eigenvalue weighted by Crippen LogP contribution is -2.24. The minimum atomic E-state index is 0.433. The molecular formula is C40H43N3. The molecule has 1 atom stereocenters. The van der Waals surface area contributed by atoms with Gasteiger partial charge in [0.25, 0.3) is 0 Å². The average molecular weight is 566 g/mol. The molecule has 1 aliphatic heterocycles. The van der Waals surface area contributed by atoms with E-state index in [1.165, 1.54) is 61.0 Å². The molecule has 2 N–H and O–H groups in total. The van der Waals surface area contributed by atoms with Crippen LogP contribution in [-0.2, 0) is 0 Å². The van der Waals surface area contributed by atoms with Crippen molar-refractivity contribution in [1.29, 1.82) is 5.41 Å². The second-order valence-electron chi connectivity index (χ2n) is 12.6. The normalized spacial score (nSPS) is 21.9. The van der Waals surface area contributed by atoms with Gasteiger partial charge in [0, 0.05) is 23.2 Å². The molecule has 0 saturated heterocycles. The highest BCUT2D eigenvalue weighted by Crippen LogP contribution is 2.46. The third-order valence-corrected chi connectivity index (χ3v) is 9.33. The number of pyridine rings is 1. The Bertz CT molecular complexity index is 1740. The zero-order valence-electron chi connectivity index (χ0n) is 25.5. The lowest BCUT2D eigenvalue weighted by Gasteiger charge is -2.26. The molecule has 0 amide bonds. The molecule has 3 nitrogen and oxygen atoms in total. The molecule has 3 heteroatoms. The van der Waals surface area contributed by atoms with E-state index in [2.05, 4.69) is 90.8 Å². The quantitative estimate of drug-likeness (QED) is 0.262. The number of rotatable bonds is 7. The molecule has 0 radical (unpaired) electrons. The van der Waals surface area contributed by atoms with Crippen LogP contribution in [0.4, 0.5) is 0 Å². The maximum Gasteiger partial charge on any atom is 0.0873 e. The predicted molar refractivity (Wildman–Crippen MR) is 183 cm³/mol. The minimum Gasteiger partial charge on any atom is -0.359 e. The van der Waals surface area contributed by atoms with Gasteiger partial charge in [-0.25, -0.2) is 0 Å². The average Bonchev–Trinajstić information content (AvgIpc) is 3.17. The zero-order chi connectivity index (χ0) is 29.6. The van der Waals surface area contributed by atoms with Crippen LogP contribution in [0.25, 0.3) is 23.4 Å². The Morgan fingerprint density at radius 2 is 1.93 bits per heavy atom. The van der Waals surface area contributed by atoms with Crippen molar-refractivity contribution in [1.82, 2.24) is 10.3 Å². The number of unbranched alkanes of at least 4 members (excludes halogenated alkanes) is 1. The Morgan fingerprint density at radius 1 is 1.02 bits per heavy atom. The van der Waals surface area contributed by atoms with Gasteiger partial charge in [-0.05, 0) is 146 Å². The molecule has 1 aromatic carbocycles. The molecule has 1 aromatic heterocycles. The van der Waals surface area contributed by atoms with E-state index in [-0.39, 0.29) is 0 Å². The fourth-order valence-corrected chi connectivity index (χ4v) is 7.01. The van der Waals surface area contributed by atoms with Crippen molar-refractivity contribution < 1.29 is 0 Å². The summed E-state index contributed by atoms with van der Waals surface area (Å²) < 4.78 is 0. The van der Waals surface area contributed by atoms with Crippen LogP contribution in [0, 0.1) is 17.7 Å². The van der Waals surface area contributed by atoms with Crippen LogP contribution < -0.4 is 15.8 Å². The van der Waals surface area contributed by atoms with Gasteiger partial charge in [0.2, 0.25) is 0 Å². The Hall–Kier alpha value is -4.24. The fraction of sp³-hybridized carbons (Fsp3) is 0.300. The lowest BCUT2D eigenvalue weighted by atomic mass is 9.78. The van der Waals surface area contributed by atoms with E-state index in [0.717, 1.165) is 58.8 Å². The number of nitrogens with zero attached hydrogens (tertiary/aromatic N) is 1. The summed E-state index contributed by atoms with van der Waals surface area (Å²) in [5.41, 5.74) is 10.5. The third kappa shape index (κ3) is 7.05. The summed E-state index contributed by atoms with van der Waals surface area (Å²) in [5, 5.41) is 13.9. The number of hydrogen-bond acceptors (Lipinski definition) is 3. The second-order valence-corrected chi connectivity index (χ2v) is 12.6. The highest BCUT2D eigenvalue weighted by molar-refractivity contribution is 5.95. The van der Waals surface area contributed by atoms with Crippen molar-refractivity contribution in [3.8, 4) is 0 Å². The number of benzene rings is 1. The van der Waals surface area contributed by atoms with Crippen LogP contribution in [0.5, 0.6) is 0 Å². The van der Waals surface area contributed by atoms with Gasteiger partial charge < -0.3 is 10.7 Å². The van der Waals surface area contributed by atoms with Gasteiger partial charge in [-0.3, -0.25) is 4.98 Å². The van der Waals surface area contributed by atoms with Gasteiger partial charge in [0.05, 0.1) is 11.4 Å². The molecule has 3 aliphatic carbocycles. The first-order valence-electron chi connectivity index (χ1n) is 15.9. The van der Waals surface area contributed by atoms with Crippen molar-refractivity contribution in [2.75, 3.05) is 0 Å². The standard InChI is InChI=1S/C40H43N3/c1-29-24-32(12-5-3-4-11-31-13-9-20-40(21-18-31)22-19-36(41)28-40)26-35-27-34(17-16-33(35)25-29)37-14-6-7-23-42-39(37)38-15-8-10-30(2)43-38/h5-8,10,12-17,23-27,41-42H,1,3-4,9,11,18-22,28H2,2H3/b12-5+,41-36?. The number of allylic oxidation sites excluding steroid dienone is 11. The molecule has 6 rings (SSSR count). The highest BCUT2D eigenvalue weighted by Gasteiger charge is 2.36. The first-order chi connectivity index (χ1) is 21.0. The van der Waals surface area contributed by atoms with Crippen LogP contribution in [0.2, 0.25) is 0 Å². The Kier molecular flexibility index (Phi) is 8.69. The molecule has 1 spiro atoms. The summed E-state index contributed by atoms with van der Waals surface area (Å²) in [7, 11) is 0. The van der Waals surface area contributed by atoms with E-state index in [1.807, 2.05) is 25.3 Å². The first-order valence-corrected chi connectivity index (χ1v) is 15.9. The monoisotopic (exact) mass is 565 g/mol. The smallest absolute Gasteiger partial charge is 0.0873 e. The maximum absolute atomic E-state index is 8.10. The number of aromatic nitrogens is 1. The third-order valence-electron chi connectivity index (χ3n) is 9.33. The maximum atomic E-state index is 8.10. The summed E-state index contributed by atoms with van der Waals surface area (Å²) >= 11 is 0. The van der Waals surface area contributed by atoms with Gasteiger partial charge in [-0.15, -0.1) is 0 Å². The Labute approximate surface area is 256 Å². The number of nitrogens with one attached hydrogen (secondary N) is 2. The largest absolute Gasteiger partial charge is 0.359 e. The number of fused-ring (bicyclic) bond motifs is 1. The van der Waals surface area contributed by atoms with Crippen LogP contribution in [0.15, 0.2) is 108 Å².